The van der Waals surface area contributed by atoms with Gasteiger partial charge in [0.2, 0.25) is 5.91 Å². The number of rotatable bonds is 3. The van der Waals surface area contributed by atoms with Gasteiger partial charge in [-0.25, -0.2) is 4.98 Å². The van der Waals surface area contributed by atoms with Gasteiger partial charge in [-0.1, -0.05) is 19.3 Å². The highest BCUT2D eigenvalue weighted by Crippen LogP contribution is 2.28. The number of thiazole rings is 1. The summed E-state index contributed by atoms with van der Waals surface area (Å²) in [6.07, 6.45) is 7.99. The molecule has 2 N–H and O–H groups in total. The van der Waals surface area contributed by atoms with Gasteiger partial charge in [-0.3, -0.25) is 4.79 Å². The molecule has 0 radical (unpaired) electrons. The number of anilines is 1. The van der Waals surface area contributed by atoms with Crippen LogP contribution in [0.3, 0.4) is 0 Å². The maximum absolute atomic E-state index is 12.0. The fraction of sp³-hybridized carbons (Fsp3) is 0.714. The topological polar surface area (TPSA) is 54.0 Å². The molecule has 1 aromatic heterocycles. The molecule has 0 unspecified atom stereocenters. The van der Waals surface area contributed by atoms with E-state index in [-0.39, 0.29) is 5.91 Å². The fourth-order valence-electron chi connectivity index (χ4n) is 3.00. The Labute approximate surface area is 118 Å². The molecule has 19 heavy (non-hydrogen) atoms. The second-order valence-electron chi connectivity index (χ2n) is 5.57. The summed E-state index contributed by atoms with van der Waals surface area (Å²) < 4.78 is 0. The largest absolute Gasteiger partial charge is 0.311 e. The van der Waals surface area contributed by atoms with E-state index in [9.17, 15) is 4.79 Å². The van der Waals surface area contributed by atoms with Gasteiger partial charge in [-0.15, -0.1) is 11.3 Å². The zero-order valence-electron chi connectivity index (χ0n) is 11.2. The maximum Gasteiger partial charge on any atom is 0.226 e. The molecular weight excluding hydrogens is 258 g/mol. The van der Waals surface area contributed by atoms with Crippen molar-refractivity contribution in [3.05, 3.63) is 10.6 Å². The third-order valence-corrected chi connectivity index (χ3v) is 5.06. The molecule has 1 fully saturated rings. The van der Waals surface area contributed by atoms with E-state index in [1.165, 1.54) is 37.0 Å². The lowest BCUT2D eigenvalue weighted by Gasteiger charge is -2.20. The van der Waals surface area contributed by atoms with Crippen LogP contribution in [0.1, 0.15) is 49.1 Å². The van der Waals surface area contributed by atoms with Crippen LogP contribution in [0, 0.1) is 5.92 Å². The first kappa shape index (κ1) is 13.1. The summed E-state index contributed by atoms with van der Waals surface area (Å²) in [5.74, 6) is 0.732. The predicted octanol–water partition coefficient (Wildman–Crippen LogP) is 2.70. The number of nitrogens with zero attached hydrogens (tertiary/aromatic N) is 1. The summed E-state index contributed by atoms with van der Waals surface area (Å²) in [5.41, 5.74) is 1.16. The average Bonchev–Trinajstić information content (AvgIpc) is 2.81. The Balaban J connectivity index is 1.55. The van der Waals surface area contributed by atoms with Gasteiger partial charge in [-0.2, -0.15) is 0 Å². The van der Waals surface area contributed by atoms with Gasteiger partial charge in [-0.05, 0) is 18.8 Å². The van der Waals surface area contributed by atoms with Gasteiger partial charge in [0.15, 0.2) is 5.13 Å². The third-order valence-electron chi connectivity index (χ3n) is 4.05. The van der Waals surface area contributed by atoms with E-state index in [1.807, 2.05) is 0 Å². The molecule has 0 spiro atoms. The number of carbonyl (C=O) groups is 1. The van der Waals surface area contributed by atoms with Crippen molar-refractivity contribution in [1.82, 2.24) is 10.3 Å². The standard InChI is InChI=1S/C14H21N3OS/c18-13(8-10-4-2-1-3-5-10)17-14-16-11-6-7-15-9-12(11)19-14/h10,15H,1-9H2,(H,16,17,18). The van der Waals surface area contributed by atoms with E-state index in [0.717, 1.165) is 30.3 Å². The summed E-state index contributed by atoms with van der Waals surface area (Å²) >= 11 is 1.62. The van der Waals surface area contributed by atoms with E-state index < -0.39 is 0 Å². The Morgan fingerprint density at radius 1 is 1.37 bits per heavy atom. The Kier molecular flexibility index (Phi) is 4.13. The van der Waals surface area contributed by atoms with Crippen LogP contribution in [0.15, 0.2) is 0 Å². The molecule has 1 aromatic rings. The van der Waals surface area contributed by atoms with Crippen LogP contribution in [0.5, 0.6) is 0 Å². The van der Waals surface area contributed by atoms with Gasteiger partial charge in [0.05, 0.1) is 5.69 Å². The normalized spacial score (nSPS) is 20.0. The van der Waals surface area contributed by atoms with E-state index in [2.05, 4.69) is 15.6 Å². The molecular formula is C14H21N3OS. The van der Waals surface area contributed by atoms with Gasteiger partial charge in [0.1, 0.15) is 0 Å². The summed E-state index contributed by atoms with van der Waals surface area (Å²) in [7, 11) is 0. The molecule has 0 atom stereocenters. The highest BCUT2D eigenvalue weighted by Gasteiger charge is 2.19. The monoisotopic (exact) mass is 279 g/mol. The van der Waals surface area contributed by atoms with Gasteiger partial charge >= 0.3 is 0 Å². The number of nitrogens with one attached hydrogen (secondary N) is 2. The summed E-state index contributed by atoms with van der Waals surface area (Å²) in [5, 5.41) is 7.10. The first-order valence-corrected chi connectivity index (χ1v) is 8.12. The third kappa shape index (κ3) is 3.34. The van der Waals surface area contributed by atoms with Crippen molar-refractivity contribution in [2.24, 2.45) is 5.92 Å². The van der Waals surface area contributed by atoms with Crippen molar-refractivity contribution in [1.29, 1.82) is 0 Å². The van der Waals surface area contributed by atoms with Crippen molar-refractivity contribution in [2.45, 2.75) is 51.5 Å². The molecule has 0 aromatic carbocycles. The maximum atomic E-state index is 12.0. The minimum absolute atomic E-state index is 0.144. The highest BCUT2D eigenvalue weighted by molar-refractivity contribution is 7.15. The molecule has 104 valence electrons. The number of fused-ring (bicyclic) bond motifs is 1. The molecule has 2 aliphatic rings. The average molecular weight is 279 g/mol. The number of carbonyl (C=O) groups excluding carboxylic acids is 1. The first-order chi connectivity index (χ1) is 9.31. The molecule has 2 heterocycles. The minimum atomic E-state index is 0.144. The molecule has 1 aliphatic heterocycles. The lowest BCUT2D eigenvalue weighted by molar-refractivity contribution is -0.117. The Morgan fingerprint density at radius 3 is 3.00 bits per heavy atom. The van der Waals surface area contributed by atoms with Crippen LogP contribution in [-0.2, 0) is 17.8 Å². The Bertz CT molecular complexity index is 428. The zero-order chi connectivity index (χ0) is 13.1. The quantitative estimate of drug-likeness (QED) is 0.894. The number of hydrogen-bond acceptors (Lipinski definition) is 4. The van der Waals surface area contributed by atoms with E-state index in [1.54, 1.807) is 11.3 Å². The van der Waals surface area contributed by atoms with Crippen molar-refractivity contribution in [3.63, 3.8) is 0 Å². The molecule has 1 saturated carbocycles. The van der Waals surface area contributed by atoms with Crippen LogP contribution < -0.4 is 10.6 Å². The zero-order valence-corrected chi connectivity index (χ0v) is 12.0. The molecule has 1 amide bonds. The molecule has 0 saturated heterocycles. The SMILES string of the molecule is O=C(CC1CCCCC1)Nc1nc2c(s1)CNCC2. The van der Waals surface area contributed by atoms with E-state index >= 15 is 0 Å². The lowest BCUT2D eigenvalue weighted by atomic mass is 9.87. The van der Waals surface area contributed by atoms with Gasteiger partial charge in [0.25, 0.3) is 0 Å². The Morgan fingerprint density at radius 2 is 2.21 bits per heavy atom. The minimum Gasteiger partial charge on any atom is -0.311 e. The first-order valence-electron chi connectivity index (χ1n) is 7.30. The number of amides is 1. The van der Waals surface area contributed by atoms with Gasteiger partial charge in [0, 0.05) is 30.8 Å². The number of hydrogen-bond donors (Lipinski definition) is 2. The predicted molar refractivity (Wildman–Crippen MR) is 77.3 cm³/mol. The summed E-state index contributed by atoms with van der Waals surface area (Å²) in [6, 6.07) is 0. The van der Waals surface area contributed by atoms with Crippen molar-refractivity contribution < 1.29 is 4.79 Å². The van der Waals surface area contributed by atoms with Crippen LogP contribution in [0.2, 0.25) is 0 Å². The molecule has 1 aliphatic carbocycles. The Hall–Kier alpha value is -0.940. The second-order valence-corrected chi connectivity index (χ2v) is 6.66. The van der Waals surface area contributed by atoms with Gasteiger partial charge < -0.3 is 10.6 Å². The van der Waals surface area contributed by atoms with E-state index in [4.69, 9.17) is 0 Å². The smallest absolute Gasteiger partial charge is 0.226 e. The molecule has 5 heteroatoms. The van der Waals surface area contributed by atoms with E-state index in [0.29, 0.717) is 12.3 Å². The van der Waals surface area contributed by atoms with Crippen molar-refractivity contribution >= 4 is 22.4 Å². The van der Waals surface area contributed by atoms with Crippen LogP contribution in [0.25, 0.3) is 0 Å². The molecule has 3 rings (SSSR count). The number of aromatic nitrogens is 1. The van der Waals surface area contributed by atoms with Crippen LogP contribution >= 0.6 is 11.3 Å². The molecule has 4 nitrogen and oxygen atoms in total. The van der Waals surface area contributed by atoms with Crippen LogP contribution in [0.4, 0.5) is 5.13 Å². The van der Waals surface area contributed by atoms with Crippen molar-refractivity contribution in [2.75, 3.05) is 11.9 Å². The van der Waals surface area contributed by atoms with Crippen molar-refractivity contribution in [3.8, 4) is 0 Å². The molecule has 0 bridgehead atoms. The summed E-state index contributed by atoms with van der Waals surface area (Å²) in [4.78, 5) is 17.8. The second kappa shape index (κ2) is 6.01. The lowest BCUT2D eigenvalue weighted by Crippen LogP contribution is -2.22. The highest BCUT2D eigenvalue weighted by atomic mass is 32.1. The van der Waals surface area contributed by atoms with Crippen LogP contribution in [-0.4, -0.2) is 17.4 Å². The summed E-state index contributed by atoms with van der Waals surface area (Å²) in [6.45, 7) is 1.89. The fourth-order valence-corrected chi connectivity index (χ4v) is 4.00.